The summed E-state index contributed by atoms with van der Waals surface area (Å²) in [6.07, 6.45) is 0.541. The molecule has 4 heteroatoms. The van der Waals surface area contributed by atoms with Crippen molar-refractivity contribution in [1.29, 1.82) is 0 Å². The highest BCUT2D eigenvalue weighted by molar-refractivity contribution is 5.75. The summed E-state index contributed by atoms with van der Waals surface area (Å²) in [5.41, 5.74) is 4.52. The molecule has 1 aliphatic rings. The second-order valence-electron chi connectivity index (χ2n) is 2.59. The monoisotopic (exact) mass is 145 g/mol. The van der Waals surface area contributed by atoms with Crippen molar-refractivity contribution in [1.82, 2.24) is 0 Å². The quantitative estimate of drug-likeness (QED) is 0.546. The van der Waals surface area contributed by atoms with E-state index in [1.54, 1.807) is 0 Å². The molecule has 0 aromatic rings. The second kappa shape index (κ2) is 2.56. The fourth-order valence-electron chi connectivity index (χ4n) is 1.02. The summed E-state index contributed by atoms with van der Waals surface area (Å²) in [6, 6.07) is 0. The average molecular weight is 145 g/mol. The minimum atomic E-state index is -0.840. The smallest absolute Gasteiger partial charge is 0.313 e. The van der Waals surface area contributed by atoms with Gasteiger partial charge < -0.3 is 15.6 Å². The summed E-state index contributed by atoms with van der Waals surface area (Å²) in [7, 11) is 0. The number of hydrogen-bond acceptors (Lipinski definition) is 3. The largest absolute Gasteiger partial charge is 0.481 e. The zero-order valence-corrected chi connectivity index (χ0v) is 5.67. The first kappa shape index (κ1) is 7.50. The normalized spacial score (nSPS) is 32.5. The number of carbonyl (C=O) groups is 1. The van der Waals surface area contributed by atoms with E-state index in [0.717, 1.165) is 0 Å². The van der Waals surface area contributed by atoms with Gasteiger partial charge in [-0.05, 0) is 6.42 Å². The number of ether oxygens (including phenoxy) is 1. The third-order valence-corrected chi connectivity index (χ3v) is 1.95. The van der Waals surface area contributed by atoms with Crippen molar-refractivity contribution < 1.29 is 14.6 Å². The Kier molecular flexibility index (Phi) is 1.92. The maximum Gasteiger partial charge on any atom is 0.313 e. The third kappa shape index (κ3) is 0.998. The van der Waals surface area contributed by atoms with Gasteiger partial charge in [-0.2, -0.15) is 0 Å². The van der Waals surface area contributed by atoms with Gasteiger partial charge in [0.2, 0.25) is 0 Å². The van der Waals surface area contributed by atoms with Crippen LogP contribution in [0, 0.1) is 5.41 Å². The van der Waals surface area contributed by atoms with Gasteiger partial charge in [0.05, 0.1) is 6.61 Å². The van der Waals surface area contributed by atoms with Gasteiger partial charge in [-0.25, -0.2) is 0 Å². The number of carboxylic acids is 1. The van der Waals surface area contributed by atoms with Crippen molar-refractivity contribution in [2.75, 3.05) is 19.8 Å². The molecule has 0 aromatic heterocycles. The van der Waals surface area contributed by atoms with E-state index in [9.17, 15) is 4.79 Å². The number of hydrogen-bond donors (Lipinski definition) is 2. The highest BCUT2D eigenvalue weighted by Crippen LogP contribution is 2.26. The molecule has 0 amide bonds. The Labute approximate surface area is 59.0 Å². The molecule has 0 bridgehead atoms. The van der Waals surface area contributed by atoms with Crippen molar-refractivity contribution in [3.63, 3.8) is 0 Å². The molecule has 1 atom stereocenters. The SMILES string of the molecule is NCC1(C(=O)O)CCOC1. The maximum absolute atomic E-state index is 10.6. The van der Waals surface area contributed by atoms with Gasteiger partial charge in [-0.1, -0.05) is 0 Å². The molecule has 0 spiro atoms. The van der Waals surface area contributed by atoms with Crippen LogP contribution in [0.15, 0.2) is 0 Å². The lowest BCUT2D eigenvalue weighted by Gasteiger charge is -2.18. The van der Waals surface area contributed by atoms with Crippen LogP contribution in [-0.4, -0.2) is 30.8 Å². The molecule has 1 heterocycles. The molecular formula is C6H11NO3. The molecule has 58 valence electrons. The van der Waals surface area contributed by atoms with Crippen LogP contribution in [-0.2, 0) is 9.53 Å². The number of aliphatic carboxylic acids is 1. The lowest BCUT2D eigenvalue weighted by molar-refractivity contribution is -0.148. The highest BCUT2D eigenvalue weighted by Gasteiger charge is 2.40. The first-order chi connectivity index (χ1) is 4.71. The minimum absolute atomic E-state index is 0.169. The Bertz CT molecular complexity index is 140. The van der Waals surface area contributed by atoms with Crippen LogP contribution in [0.2, 0.25) is 0 Å². The number of nitrogens with two attached hydrogens (primary N) is 1. The van der Waals surface area contributed by atoms with Gasteiger partial charge in [0.25, 0.3) is 0 Å². The first-order valence-electron chi connectivity index (χ1n) is 3.22. The second-order valence-corrected chi connectivity index (χ2v) is 2.59. The van der Waals surface area contributed by atoms with Gasteiger partial charge in [0, 0.05) is 13.2 Å². The Morgan fingerprint density at radius 3 is 2.70 bits per heavy atom. The molecule has 0 aliphatic carbocycles. The third-order valence-electron chi connectivity index (χ3n) is 1.95. The molecule has 1 aliphatic heterocycles. The van der Waals surface area contributed by atoms with E-state index in [0.29, 0.717) is 13.0 Å². The van der Waals surface area contributed by atoms with E-state index in [1.807, 2.05) is 0 Å². The topological polar surface area (TPSA) is 72.6 Å². The van der Waals surface area contributed by atoms with Gasteiger partial charge in [-0.3, -0.25) is 4.79 Å². The Hall–Kier alpha value is -0.610. The van der Waals surface area contributed by atoms with Gasteiger partial charge in [0.15, 0.2) is 0 Å². The number of rotatable bonds is 2. The summed E-state index contributed by atoms with van der Waals surface area (Å²) in [5, 5.41) is 8.70. The van der Waals surface area contributed by atoms with E-state index < -0.39 is 11.4 Å². The predicted molar refractivity (Wildman–Crippen MR) is 34.6 cm³/mol. The van der Waals surface area contributed by atoms with Crippen LogP contribution in [0.5, 0.6) is 0 Å². The van der Waals surface area contributed by atoms with Crippen molar-refractivity contribution in [2.24, 2.45) is 11.1 Å². The van der Waals surface area contributed by atoms with Crippen LogP contribution in [0.25, 0.3) is 0 Å². The van der Waals surface area contributed by atoms with Crippen molar-refractivity contribution >= 4 is 5.97 Å². The molecule has 1 fully saturated rings. The summed E-state index contributed by atoms with van der Waals surface area (Å²) in [5.74, 6) is -0.840. The van der Waals surface area contributed by atoms with Crippen molar-refractivity contribution in [3.05, 3.63) is 0 Å². The zero-order chi connectivity index (χ0) is 7.61. The summed E-state index contributed by atoms with van der Waals surface area (Å²) in [6.45, 7) is 0.949. The summed E-state index contributed by atoms with van der Waals surface area (Å²) < 4.78 is 4.95. The Morgan fingerprint density at radius 2 is 2.50 bits per heavy atom. The van der Waals surface area contributed by atoms with E-state index >= 15 is 0 Å². The molecular weight excluding hydrogens is 134 g/mol. The molecule has 1 rings (SSSR count). The molecule has 0 radical (unpaired) electrons. The fourth-order valence-corrected chi connectivity index (χ4v) is 1.02. The number of carboxylic acid groups (broad SMARTS) is 1. The van der Waals surface area contributed by atoms with Crippen molar-refractivity contribution in [3.8, 4) is 0 Å². The molecule has 1 unspecified atom stereocenters. The average Bonchev–Trinajstić information content (AvgIpc) is 2.35. The van der Waals surface area contributed by atoms with Crippen LogP contribution >= 0.6 is 0 Å². The molecule has 4 nitrogen and oxygen atoms in total. The van der Waals surface area contributed by atoms with Crippen LogP contribution in [0.1, 0.15) is 6.42 Å². The molecule has 0 aromatic carbocycles. The molecule has 1 saturated heterocycles. The van der Waals surface area contributed by atoms with Gasteiger partial charge in [-0.15, -0.1) is 0 Å². The molecule has 10 heavy (non-hydrogen) atoms. The lowest BCUT2D eigenvalue weighted by Crippen LogP contribution is -2.38. The van der Waals surface area contributed by atoms with Crippen LogP contribution in [0.3, 0.4) is 0 Å². The lowest BCUT2D eigenvalue weighted by atomic mass is 9.88. The molecule has 0 saturated carbocycles. The van der Waals surface area contributed by atoms with E-state index in [2.05, 4.69) is 0 Å². The highest BCUT2D eigenvalue weighted by atomic mass is 16.5. The molecule has 3 N–H and O–H groups in total. The summed E-state index contributed by atoms with van der Waals surface area (Å²) >= 11 is 0. The fraction of sp³-hybridized carbons (Fsp3) is 0.833. The zero-order valence-electron chi connectivity index (χ0n) is 5.67. The van der Waals surface area contributed by atoms with E-state index in [4.69, 9.17) is 15.6 Å². The maximum atomic E-state index is 10.6. The summed E-state index contributed by atoms with van der Waals surface area (Å²) in [4.78, 5) is 10.6. The van der Waals surface area contributed by atoms with Gasteiger partial charge >= 0.3 is 5.97 Å². The standard InChI is InChI=1S/C6H11NO3/c7-3-6(5(8)9)1-2-10-4-6/h1-4,7H2,(H,8,9). The Balaban J connectivity index is 2.67. The Morgan fingerprint density at radius 1 is 1.80 bits per heavy atom. The predicted octanol–water partition coefficient (Wildman–Crippen LogP) is -0.564. The van der Waals surface area contributed by atoms with E-state index in [-0.39, 0.29) is 13.2 Å². The minimum Gasteiger partial charge on any atom is -0.481 e. The van der Waals surface area contributed by atoms with Crippen LogP contribution < -0.4 is 5.73 Å². The first-order valence-corrected chi connectivity index (χ1v) is 3.22. The van der Waals surface area contributed by atoms with E-state index in [1.165, 1.54) is 0 Å². The van der Waals surface area contributed by atoms with Crippen LogP contribution in [0.4, 0.5) is 0 Å². The van der Waals surface area contributed by atoms with Gasteiger partial charge in [0.1, 0.15) is 5.41 Å². The van der Waals surface area contributed by atoms with Crippen molar-refractivity contribution in [2.45, 2.75) is 6.42 Å².